The van der Waals surface area contributed by atoms with Crippen molar-refractivity contribution < 1.29 is 28.6 Å². The Morgan fingerprint density at radius 1 is 1.19 bits per heavy atom. The average Bonchev–Trinajstić information content (AvgIpc) is 3.15. The molecule has 26 heavy (non-hydrogen) atoms. The van der Waals surface area contributed by atoms with Crippen LogP contribution in [0.5, 0.6) is 5.75 Å². The molecule has 2 amide bonds. The van der Waals surface area contributed by atoms with E-state index < -0.39 is 12.6 Å². The van der Waals surface area contributed by atoms with Gasteiger partial charge in [0.1, 0.15) is 5.75 Å². The number of carboxylic acids is 1. The molecule has 0 spiro atoms. The average molecular weight is 360 g/mol. The van der Waals surface area contributed by atoms with E-state index in [1.54, 1.807) is 48.3 Å². The smallest absolute Gasteiger partial charge is 0.341 e. The number of carbonyl (C=O) groups is 3. The number of hydrogen-bond donors (Lipinski definition) is 2. The summed E-state index contributed by atoms with van der Waals surface area (Å²) >= 11 is 0. The van der Waals surface area contributed by atoms with Crippen LogP contribution in [0.1, 0.15) is 22.5 Å². The third-order valence-corrected chi connectivity index (χ3v) is 3.50. The maximum absolute atomic E-state index is 12.1. The fraction of sp³-hybridized carbons (Fsp3) is 0.278. The summed E-state index contributed by atoms with van der Waals surface area (Å²) in [6.07, 6.45) is 1.58. The number of carbonyl (C=O) groups excluding carboxylic acids is 2. The van der Waals surface area contributed by atoms with Crippen molar-refractivity contribution in [2.24, 2.45) is 0 Å². The van der Waals surface area contributed by atoms with Gasteiger partial charge in [0.15, 0.2) is 12.4 Å². The van der Waals surface area contributed by atoms with E-state index in [1.165, 1.54) is 6.26 Å². The van der Waals surface area contributed by atoms with Gasteiger partial charge in [-0.05, 0) is 29.8 Å². The van der Waals surface area contributed by atoms with Gasteiger partial charge in [0.05, 0.1) is 6.26 Å². The van der Waals surface area contributed by atoms with E-state index in [0.29, 0.717) is 12.3 Å². The van der Waals surface area contributed by atoms with Gasteiger partial charge in [-0.1, -0.05) is 12.1 Å². The highest BCUT2D eigenvalue weighted by molar-refractivity contribution is 5.91. The molecule has 1 heterocycles. The fourth-order valence-corrected chi connectivity index (χ4v) is 2.17. The monoisotopic (exact) mass is 360 g/mol. The second-order valence-corrected chi connectivity index (χ2v) is 5.56. The zero-order valence-electron chi connectivity index (χ0n) is 14.3. The molecule has 0 saturated heterocycles. The Balaban J connectivity index is 1.74. The van der Waals surface area contributed by atoms with Crippen LogP contribution in [-0.2, 0) is 16.1 Å². The van der Waals surface area contributed by atoms with Crippen LogP contribution < -0.4 is 10.1 Å². The molecular weight excluding hydrogens is 340 g/mol. The highest BCUT2D eigenvalue weighted by Gasteiger charge is 2.12. The summed E-state index contributed by atoms with van der Waals surface area (Å²) in [6.45, 7) is 0.205. The summed E-state index contributed by atoms with van der Waals surface area (Å²) in [5.41, 5.74) is 0.878. The lowest BCUT2D eigenvalue weighted by Crippen LogP contribution is -2.31. The van der Waals surface area contributed by atoms with Crippen molar-refractivity contribution in [2.45, 2.75) is 13.0 Å². The first kappa shape index (κ1) is 19.0. The molecule has 138 valence electrons. The Kier molecular flexibility index (Phi) is 6.78. The second-order valence-electron chi connectivity index (χ2n) is 5.56. The molecule has 0 aliphatic carbocycles. The van der Waals surface area contributed by atoms with Crippen LogP contribution in [0.15, 0.2) is 47.1 Å². The van der Waals surface area contributed by atoms with Crippen LogP contribution in [0.2, 0.25) is 0 Å². The number of ether oxygens (including phenoxy) is 1. The summed E-state index contributed by atoms with van der Waals surface area (Å²) in [5, 5.41) is 11.2. The molecule has 1 aromatic carbocycles. The molecule has 2 N–H and O–H groups in total. The molecule has 0 saturated carbocycles. The number of carboxylic acid groups (broad SMARTS) is 1. The maximum Gasteiger partial charge on any atom is 0.341 e. The van der Waals surface area contributed by atoms with Crippen molar-refractivity contribution in [2.75, 3.05) is 20.2 Å². The van der Waals surface area contributed by atoms with Gasteiger partial charge in [-0.25, -0.2) is 4.79 Å². The van der Waals surface area contributed by atoms with E-state index in [9.17, 15) is 14.4 Å². The summed E-state index contributed by atoms with van der Waals surface area (Å²) in [5.74, 6) is -0.862. The summed E-state index contributed by atoms with van der Waals surface area (Å²) in [4.78, 5) is 35.8. The zero-order valence-corrected chi connectivity index (χ0v) is 14.3. The van der Waals surface area contributed by atoms with E-state index in [1.807, 2.05) is 0 Å². The number of aliphatic carboxylic acids is 1. The molecule has 1 aromatic heterocycles. The summed E-state index contributed by atoms with van der Waals surface area (Å²) in [7, 11) is 1.67. The molecule has 2 rings (SSSR count). The molecular formula is C18H20N2O6. The van der Waals surface area contributed by atoms with Gasteiger partial charge in [-0.2, -0.15) is 0 Å². The number of rotatable bonds is 9. The molecule has 0 fully saturated rings. The van der Waals surface area contributed by atoms with Gasteiger partial charge in [0.25, 0.3) is 5.91 Å². The minimum Gasteiger partial charge on any atom is -0.482 e. The van der Waals surface area contributed by atoms with Crippen molar-refractivity contribution in [1.82, 2.24) is 10.2 Å². The zero-order chi connectivity index (χ0) is 18.9. The van der Waals surface area contributed by atoms with Crippen LogP contribution in [0.4, 0.5) is 0 Å². The Morgan fingerprint density at radius 3 is 2.54 bits per heavy atom. The standard InChI is InChI=1S/C18H20N2O6/c1-20(11-13-4-6-14(7-5-13)26-12-17(22)23)16(21)8-9-19-18(24)15-3-2-10-25-15/h2-7,10H,8-9,11-12H2,1H3,(H,19,24)(H,22,23). The molecule has 8 nitrogen and oxygen atoms in total. The fourth-order valence-electron chi connectivity index (χ4n) is 2.17. The topological polar surface area (TPSA) is 109 Å². The van der Waals surface area contributed by atoms with Crippen molar-refractivity contribution >= 4 is 17.8 Å². The number of benzene rings is 1. The first-order valence-electron chi connectivity index (χ1n) is 7.95. The van der Waals surface area contributed by atoms with Gasteiger partial charge in [0, 0.05) is 26.6 Å². The molecule has 0 bridgehead atoms. The Hall–Kier alpha value is -3.29. The van der Waals surface area contributed by atoms with Crippen LogP contribution >= 0.6 is 0 Å². The minimum absolute atomic E-state index is 0.115. The highest BCUT2D eigenvalue weighted by Crippen LogP contribution is 2.13. The largest absolute Gasteiger partial charge is 0.482 e. The molecule has 0 unspecified atom stereocenters. The first-order chi connectivity index (χ1) is 12.5. The molecule has 0 radical (unpaired) electrons. The first-order valence-corrected chi connectivity index (χ1v) is 7.95. The van der Waals surface area contributed by atoms with Crippen molar-refractivity contribution in [3.8, 4) is 5.75 Å². The van der Waals surface area contributed by atoms with Crippen LogP contribution in [0.3, 0.4) is 0 Å². The van der Waals surface area contributed by atoms with E-state index in [0.717, 1.165) is 5.56 Å². The molecule has 0 atom stereocenters. The Morgan fingerprint density at radius 2 is 1.92 bits per heavy atom. The quantitative estimate of drug-likeness (QED) is 0.702. The van der Waals surface area contributed by atoms with Gasteiger partial charge >= 0.3 is 5.97 Å². The maximum atomic E-state index is 12.1. The summed E-state index contributed by atoms with van der Waals surface area (Å²) < 4.78 is 10.0. The van der Waals surface area contributed by atoms with Gasteiger partial charge in [-0.3, -0.25) is 9.59 Å². The van der Waals surface area contributed by atoms with E-state index in [-0.39, 0.29) is 30.5 Å². The SMILES string of the molecule is CN(Cc1ccc(OCC(=O)O)cc1)C(=O)CCNC(=O)c1ccco1. The number of nitrogens with zero attached hydrogens (tertiary/aromatic N) is 1. The Labute approximate surface area is 150 Å². The molecule has 0 aliphatic rings. The van der Waals surface area contributed by atoms with Crippen LogP contribution in [0, 0.1) is 0 Å². The number of amides is 2. The van der Waals surface area contributed by atoms with Crippen molar-refractivity contribution in [3.63, 3.8) is 0 Å². The van der Waals surface area contributed by atoms with Crippen molar-refractivity contribution in [3.05, 3.63) is 54.0 Å². The predicted octanol–water partition coefficient (Wildman–Crippen LogP) is 1.52. The number of hydrogen-bond acceptors (Lipinski definition) is 5. The highest BCUT2D eigenvalue weighted by atomic mass is 16.5. The van der Waals surface area contributed by atoms with E-state index >= 15 is 0 Å². The molecule has 8 heteroatoms. The normalized spacial score (nSPS) is 10.2. The third-order valence-electron chi connectivity index (χ3n) is 3.50. The number of nitrogens with one attached hydrogen (secondary N) is 1. The molecule has 0 aliphatic heterocycles. The third kappa shape index (κ3) is 5.97. The van der Waals surface area contributed by atoms with Gasteiger partial charge in [0.2, 0.25) is 5.91 Å². The lowest BCUT2D eigenvalue weighted by molar-refractivity contribution is -0.139. The predicted molar refractivity (Wildman–Crippen MR) is 91.7 cm³/mol. The number of furan rings is 1. The minimum atomic E-state index is -1.04. The van der Waals surface area contributed by atoms with Gasteiger partial charge in [-0.15, -0.1) is 0 Å². The van der Waals surface area contributed by atoms with Crippen molar-refractivity contribution in [1.29, 1.82) is 0 Å². The van der Waals surface area contributed by atoms with E-state index in [2.05, 4.69) is 5.32 Å². The summed E-state index contributed by atoms with van der Waals surface area (Å²) in [6, 6.07) is 10.00. The van der Waals surface area contributed by atoms with E-state index in [4.69, 9.17) is 14.3 Å². The van der Waals surface area contributed by atoms with Gasteiger partial charge < -0.3 is 24.5 Å². The van der Waals surface area contributed by atoms with Crippen LogP contribution in [0.25, 0.3) is 0 Å². The lowest BCUT2D eigenvalue weighted by Gasteiger charge is -2.17. The molecule has 2 aromatic rings. The van der Waals surface area contributed by atoms with Crippen LogP contribution in [-0.4, -0.2) is 48.0 Å². The Bertz CT molecular complexity index is 740. The lowest BCUT2D eigenvalue weighted by atomic mass is 10.2. The second kappa shape index (κ2) is 9.26.